The van der Waals surface area contributed by atoms with E-state index in [4.69, 9.17) is 4.74 Å². The maximum absolute atomic E-state index is 12.8. The van der Waals surface area contributed by atoms with Gasteiger partial charge in [0.15, 0.2) is 0 Å². The van der Waals surface area contributed by atoms with E-state index in [1.165, 1.54) is 0 Å². The number of H-pyrrole nitrogens is 1. The second kappa shape index (κ2) is 9.19. The van der Waals surface area contributed by atoms with Crippen molar-refractivity contribution < 1.29 is 14.3 Å². The number of ether oxygens (including phenoxy) is 1. The van der Waals surface area contributed by atoms with E-state index in [9.17, 15) is 9.59 Å². The number of hydrogen-bond acceptors (Lipinski definition) is 4. The van der Waals surface area contributed by atoms with Crippen LogP contribution in [0.25, 0.3) is 0 Å². The van der Waals surface area contributed by atoms with Gasteiger partial charge in [0.2, 0.25) is 5.91 Å². The van der Waals surface area contributed by atoms with Gasteiger partial charge in [-0.05, 0) is 36.8 Å². The predicted octanol–water partition coefficient (Wildman–Crippen LogP) is 2.75. The van der Waals surface area contributed by atoms with Crippen molar-refractivity contribution in [1.29, 1.82) is 0 Å². The van der Waals surface area contributed by atoms with Gasteiger partial charge in [-0.25, -0.2) is 9.78 Å². The summed E-state index contributed by atoms with van der Waals surface area (Å²) in [5.74, 6) is 1.66. The van der Waals surface area contributed by atoms with Crippen LogP contribution in [-0.4, -0.2) is 65.0 Å². The lowest BCUT2D eigenvalue weighted by atomic mass is 9.82. The molecule has 0 aliphatic carbocycles. The summed E-state index contributed by atoms with van der Waals surface area (Å²) in [4.78, 5) is 36.5. The number of benzene rings is 1. The van der Waals surface area contributed by atoms with E-state index < -0.39 is 0 Å². The Morgan fingerprint density at radius 1 is 1.30 bits per heavy atom. The Kier molecular flexibility index (Phi) is 6.21. The standard InChI is InChI=1S/C22H29N5O3/c1-30-20-4-2-3-18(12-20)25-22(29)27-9-5-16-11-21(28)26(8-6-17(16)14-27)10-7-19-13-23-15-24-19/h2-4,12-13,15-17H,5-11,14H2,1H3,(H,23,24)(H,25,29). The molecule has 2 N–H and O–H groups in total. The number of hydrogen-bond donors (Lipinski definition) is 2. The molecule has 160 valence electrons. The van der Waals surface area contributed by atoms with Gasteiger partial charge in [-0.1, -0.05) is 6.07 Å². The Balaban J connectivity index is 1.32. The summed E-state index contributed by atoms with van der Waals surface area (Å²) in [5, 5.41) is 2.97. The highest BCUT2D eigenvalue weighted by atomic mass is 16.5. The summed E-state index contributed by atoms with van der Waals surface area (Å²) in [7, 11) is 1.61. The number of methoxy groups -OCH3 is 1. The minimum absolute atomic E-state index is 0.0895. The van der Waals surface area contributed by atoms with Crippen LogP contribution in [0.4, 0.5) is 10.5 Å². The second-order valence-corrected chi connectivity index (χ2v) is 8.12. The lowest BCUT2D eigenvalue weighted by molar-refractivity contribution is -0.131. The molecule has 3 amide bonds. The molecule has 2 atom stereocenters. The Morgan fingerprint density at radius 3 is 2.97 bits per heavy atom. The van der Waals surface area contributed by atoms with E-state index in [1.807, 2.05) is 34.1 Å². The SMILES string of the molecule is COc1cccc(NC(=O)N2CCC3CC(=O)N(CCc4cnc[nH]4)CCC3C2)c1. The number of imidazole rings is 1. The molecule has 30 heavy (non-hydrogen) atoms. The maximum Gasteiger partial charge on any atom is 0.321 e. The number of anilines is 1. The first-order valence-corrected chi connectivity index (χ1v) is 10.6. The maximum atomic E-state index is 12.8. The Morgan fingerprint density at radius 2 is 2.17 bits per heavy atom. The van der Waals surface area contributed by atoms with Crippen molar-refractivity contribution in [3.8, 4) is 5.75 Å². The zero-order valence-electron chi connectivity index (χ0n) is 17.3. The van der Waals surface area contributed by atoms with Crippen molar-refractivity contribution in [2.24, 2.45) is 11.8 Å². The number of fused-ring (bicyclic) bond motifs is 1. The molecule has 1 aromatic carbocycles. The van der Waals surface area contributed by atoms with Crippen LogP contribution in [-0.2, 0) is 11.2 Å². The van der Waals surface area contributed by atoms with E-state index in [0.717, 1.165) is 37.2 Å². The van der Waals surface area contributed by atoms with E-state index >= 15 is 0 Å². The number of aromatic amines is 1. The number of amides is 3. The van der Waals surface area contributed by atoms with Crippen molar-refractivity contribution in [2.75, 3.05) is 38.6 Å². The van der Waals surface area contributed by atoms with Gasteiger partial charge in [0.25, 0.3) is 0 Å². The average Bonchev–Trinajstić information content (AvgIpc) is 3.22. The third kappa shape index (κ3) is 4.75. The fourth-order valence-corrected chi connectivity index (χ4v) is 4.48. The van der Waals surface area contributed by atoms with E-state index in [-0.39, 0.29) is 11.9 Å². The van der Waals surface area contributed by atoms with Gasteiger partial charge in [-0.2, -0.15) is 0 Å². The van der Waals surface area contributed by atoms with Gasteiger partial charge >= 0.3 is 6.03 Å². The minimum Gasteiger partial charge on any atom is -0.497 e. The molecule has 2 saturated heterocycles. The summed E-state index contributed by atoms with van der Waals surface area (Å²) in [5.41, 5.74) is 1.77. The summed E-state index contributed by atoms with van der Waals surface area (Å²) >= 11 is 0. The smallest absolute Gasteiger partial charge is 0.321 e. The van der Waals surface area contributed by atoms with Gasteiger partial charge in [-0.15, -0.1) is 0 Å². The van der Waals surface area contributed by atoms with Crippen LogP contribution in [0.1, 0.15) is 25.0 Å². The molecule has 0 spiro atoms. The first kappa shape index (κ1) is 20.3. The highest BCUT2D eigenvalue weighted by Crippen LogP contribution is 2.32. The number of piperidine rings is 1. The first-order valence-electron chi connectivity index (χ1n) is 10.6. The van der Waals surface area contributed by atoms with Gasteiger partial charge in [0, 0.05) is 62.7 Å². The molecular weight excluding hydrogens is 382 g/mol. The molecule has 2 aliphatic heterocycles. The quantitative estimate of drug-likeness (QED) is 0.792. The largest absolute Gasteiger partial charge is 0.497 e. The van der Waals surface area contributed by atoms with Crippen molar-refractivity contribution in [3.05, 3.63) is 42.5 Å². The fourth-order valence-electron chi connectivity index (χ4n) is 4.48. The first-order chi connectivity index (χ1) is 14.6. The van der Waals surface area contributed by atoms with E-state index in [2.05, 4.69) is 15.3 Å². The number of rotatable bonds is 5. The number of carbonyl (C=O) groups is 2. The zero-order valence-corrected chi connectivity index (χ0v) is 17.3. The molecule has 0 bridgehead atoms. The topological polar surface area (TPSA) is 90.6 Å². The van der Waals surface area contributed by atoms with Crippen molar-refractivity contribution >= 4 is 17.6 Å². The molecular formula is C22H29N5O3. The van der Waals surface area contributed by atoms with Crippen LogP contribution in [0.2, 0.25) is 0 Å². The van der Waals surface area contributed by atoms with Crippen molar-refractivity contribution in [2.45, 2.75) is 25.7 Å². The summed E-state index contributed by atoms with van der Waals surface area (Å²) in [6.07, 6.45) is 6.65. The lowest BCUT2D eigenvalue weighted by Crippen LogP contribution is -2.45. The molecule has 0 radical (unpaired) electrons. The van der Waals surface area contributed by atoms with Gasteiger partial charge in [0.1, 0.15) is 5.75 Å². The third-order valence-corrected chi connectivity index (χ3v) is 6.26. The normalized spacial score (nSPS) is 21.7. The van der Waals surface area contributed by atoms with Crippen LogP contribution >= 0.6 is 0 Å². The number of nitrogens with zero attached hydrogens (tertiary/aromatic N) is 3. The van der Waals surface area contributed by atoms with Crippen molar-refractivity contribution in [3.63, 3.8) is 0 Å². The van der Waals surface area contributed by atoms with Gasteiger partial charge in [-0.3, -0.25) is 4.79 Å². The molecule has 8 heteroatoms. The molecule has 2 aliphatic rings. The van der Waals surface area contributed by atoms with Gasteiger partial charge < -0.3 is 24.8 Å². The molecule has 4 rings (SSSR count). The molecule has 1 aromatic heterocycles. The van der Waals surface area contributed by atoms with E-state index in [0.29, 0.717) is 43.6 Å². The Hall–Kier alpha value is -3.03. The lowest BCUT2D eigenvalue weighted by Gasteiger charge is -2.37. The Labute approximate surface area is 176 Å². The fraction of sp³-hybridized carbons (Fsp3) is 0.500. The van der Waals surface area contributed by atoms with Crippen LogP contribution in [0.5, 0.6) is 5.75 Å². The number of nitrogens with one attached hydrogen (secondary N) is 2. The molecule has 0 saturated carbocycles. The second-order valence-electron chi connectivity index (χ2n) is 8.12. The van der Waals surface area contributed by atoms with Crippen molar-refractivity contribution in [1.82, 2.24) is 19.8 Å². The number of urea groups is 1. The van der Waals surface area contributed by atoms with Crippen LogP contribution in [0.3, 0.4) is 0 Å². The molecule has 2 unspecified atom stereocenters. The highest BCUT2D eigenvalue weighted by molar-refractivity contribution is 5.89. The minimum atomic E-state index is -0.0895. The summed E-state index contributed by atoms with van der Waals surface area (Å²) < 4.78 is 5.22. The summed E-state index contributed by atoms with van der Waals surface area (Å²) in [6.45, 7) is 2.83. The van der Waals surface area contributed by atoms with Crippen LogP contribution in [0.15, 0.2) is 36.8 Å². The monoisotopic (exact) mass is 411 g/mol. The van der Waals surface area contributed by atoms with Crippen LogP contribution < -0.4 is 10.1 Å². The highest BCUT2D eigenvalue weighted by Gasteiger charge is 2.36. The zero-order chi connectivity index (χ0) is 20.9. The third-order valence-electron chi connectivity index (χ3n) is 6.26. The number of likely N-dealkylation sites (tertiary alicyclic amines) is 2. The predicted molar refractivity (Wildman–Crippen MR) is 113 cm³/mol. The van der Waals surface area contributed by atoms with E-state index in [1.54, 1.807) is 19.6 Å². The summed E-state index contributed by atoms with van der Waals surface area (Å²) in [6, 6.07) is 7.28. The average molecular weight is 412 g/mol. The Bertz CT molecular complexity index is 869. The molecule has 2 fully saturated rings. The molecule has 3 heterocycles. The molecule has 8 nitrogen and oxygen atoms in total. The molecule has 2 aromatic rings. The van der Waals surface area contributed by atoms with Gasteiger partial charge in [0.05, 0.1) is 13.4 Å². The number of carbonyl (C=O) groups excluding carboxylic acids is 2. The number of aromatic nitrogens is 2. The van der Waals surface area contributed by atoms with Crippen LogP contribution in [0, 0.1) is 11.8 Å².